The number of rotatable bonds is 13. The second-order valence-corrected chi connectivity index (χ2v) is 11.0. The molecule has 0 bridgehead atoms. The van der Waals surface area contributed by atoms with Crippen molar-refractivity contribution in [3.63, 3.8) is 0 Å². The van der Waals surface area contributed by atoms with E-state index in [1.165, 1.54) is 19.3 Å². The molecule has 2 atom stereocenters. The van der Waals surface area contributed by atoms with Gasteiger partial charge in [-0.25, -0.2) is 4.98 Å². The molecular weight excluding hydrogens is 528 g/mol. The first-order valence-corrected chi connectivity index (χ1v) is 14.9. The summed E-state index contributed by atoms with van der Waals surface area (Å²) in [5.74, 6) is 1.75. The Labute approximate surface area is 248 Å². The van der Waals surface area contributed by atoms with Gasteiger partial charge in [-0.2, -0.15) is 0 Å². The van der Waals surface area contributed by atoms with Gasteiger partial charge in [0.1, 0.15) is 18.1 Å². The van der Waals surface area contributed by atoms with Gasteiger partial charge in [-0.15, -0.1) is 0 Å². The van der Waals surface area contributed by atoms with E-state index in [-0.39, 0.29) is 18.2 Å². The molecule has 0 aliphatic carbocycles. The van der Waals surface area contributed by atoms with Gasteiger partial charge >= 0.3 is 0 Å². The summed E-state index contributed by atoms with van der Waals surface area (Å²) in [6.07, 6.45) is 8.85. The highest BCUT2D eigenvalue weighted by Crippen LogP contribution is 2.35. The number of pyridine rings is 1. The Morgan fingerprint density at radius 2 is 1.83 bits per heavy atom. The van der Waals surface area contributed by atoms with Crippen molar-refractivity contribution < 1.29 is 19.0 Å². The van der Waals surface area contributed by atoms with Crippen molar-refractivity contribution in [1.29, 1.82) is 0 Å². The molecule has 5 rings (SSSR count). The molecule has 2 unspecified atom stereocenters. The van der Waals surface area contributed by atoms with Gasteiger partial charge in [0.05, 0.1) is 19.9 Å². The number of aromatic nitrogens is 2. The summed E-state index contributed by atoms with van der Waals surface area (Å²) in [5.41, 5.74) is 3.60. The Morgan fingerprint density at radius 1 is 1.05 bits per heavy atom. The predicted octanol–water partition coefficient (Wildman–Crippen LogP) is 5.83. The minimum atomic E-state index is -0.282. The van der Waals surface area contributed by atoms with Gasteiger partial charge in [0.2, 0.25) is 5.91 Å². The topological polar surface area (TPSA) is 77.3 Å². The quantitative estimate of drug-likeness (QED) is 0.204. The second-order valence-electron chi connectivity index (χ2n) is 11.0. The van der Waals surface area contributed by atoms with E-state index < -0.39 is 0 Å². The molecule has 4 aromatic rings. The highest BCUT2D eigenvalue weighted by molar-refractivity contribution is 5.77. The van der Waals surface area contributed by atoms with Crippen LogP contribution in [0.5, 0.6) is 17.2 Å². The lowest BCUT2D eigenvalue weighted by Gasteiger charge is -2.33. The zero-order chi connectivity index (χ0) is 29.3. The number of carbonyl (C=O) groups is 1. The zero-order valence-corrected chi connectivity index (χ0v) is 24.9. The van der Waals surface area contributed by atoms with Crippen molar-refractivity contribution in [2.45, 2.75) is 57.6 Å². The number of amides is 1. The predicted molar refractivity (Wildman–Crippen MR) is 164 cm³/mol. The van der Waals surface area contributed by atoms with Crippen molar-refractivity contribution >= 4 is 11.6 Å². The van der Waals surface area contributed by atoms with Crippen LogP contribution in [-0.2, 0) is 11.4 Å². The molecule has 2 aromatic heterocycles. The maximum Gasteiger partial charge on any atom is 0.221 e. The number of nitrogens with one attached hydrogen (secondary N) is 1. The number of benzene rings is 2. The summed E-state index contributed by atoms with van der Waals surface area (Å²) in [5, 5.41) is 3.17. The van der Waals surface area contributed by atoms with E-state index in [0.29, 0.717) is 42.1 Å². The maximum absolute atomic E-state index is 13.4. The van der Waals surface area contributed by atoms with E-state index in [9.17, 15) is 4.79 Å². The Morgan fingerprint density at radius 3 is 2.57 bits per heavy atom. The lowest BCUT2D eigenvalue weighted by atomic mass is 9.91. The van der Waals surface area contributed by atoms with Gasteiger partial charge in [0.15, 0.2) is 11.4 Å². The van der Waals surface area contributed by atoms with Crippen molar-refractivity contribution in [2.75, 3.05) is 33.9 Å². The van der Waals surface area contributed by atoms with E-state index in [0.717, 1.165) is 36.3 Å². The smallest absolute Gasteiger partial charge is 0.221 e. The number of piperidine rings is 1. The highest BCUT2D eigenvalue weighted by atomic mass is 16.5. The number of imidazole rings is 1. The van der Waals surface area contributed by atoms with Crippen LogP contribution in [0.1, 0.15) is 61.8 Å². The summed E-state index contributed by atoms with van der Waals surface area (Å²) in [7, 11) is 3.27. The Balaban J connectivity index is 1.36. The fraction of sp³-hybridized carbons (Fsp3) is 0.412. The summed E-state index contributed by atoms with van der Waals surface area (Å²) in [4.78, 5) is 20.6. The first kappa shape index (κ1) is 29.5. The number of likely N-dealkylation sites (tertiary alicyclic amines) is 1. The van der Waals surface area contributed by atoms with Gasteiger partial charge in [-0.05, 0) is 68.1 Å². The third kappa shape index (κ3) is 7.23. The third-order valence-corrected chi connectivity index (χ3v) is 8.17. The van der Waals surface area contributed by atoms with Crippen LogP contribution < -0.4 is 19.5 Å². The van der Waals surface area contributed by atoms with E-state index in [2.05, 4.69) is 17.1 Å². The summed E-state index contributed by atoms with van der Waals surface area (Å²) >= 11 is 0. The lowest BCUT2D eigenvalue weighted by molar-refractivity contribution is -0.121. The van der Waals surface area contributed by atoms with Gasteiger partial charge in [0.25, 0.3) is 0 Å². The van der Waals surface area contributed by atoms with E-state index in [4.69, 9.17) is 19.2 Å². The zero-order valence-electron chi connectivity index (χ0n) is 24.9. The van der Waals surface area contributed by atoms with Gasteiger partial charge in [-0.3, -0.25) is 4.79 Å². The molecule has 0 saturated carbocycles. The molecule has 1 saturated heterocycles. The van der Waals surface area contributed by atoms with Crippen LogP contribution in [-0.4, -0.2) is 60.1 Å². The molecule has 222 valence electrons. The Bertz CT molecular complexity index is 1430. The number of carbonyl (C=O) groups excluding carboxylic acids is 1. The number of nitrogens with zero attached hydrogens (tertiary/aromatic N) is 3. The molecule has 8 heteroatoms. The maximum atomic E-state index is 13.4. The molecule has 1 amide bonds. The summed E-state index contributed by atoms with van der Waals surface area (Å²) < 4.78 is 19.3. The number of methoxy groups -OCH3 is 2. The summed E-state index contributed by atoms with van der Waals surface area (Å²) in [6.45, 7) is 5.56. The van der Waals surface area contributed by atoms with Crippen molar-refractivity contribution in [1.82, 2.24) is 19.6 Å². The largest absolute Gasteiger partial charge is 0.497 e. The SMILES string of the molecule is COc1cc(OC)cc(C(CC(=O)NCCCN2CCCCC2C)c2cnc3c(OCc4ccccc4)cccn23)c1. The van der Waals surface area contributed by atoms with E-state index in [1.807, 2.05) is 77.5 Å². The lowest BCUT2D eigenvalue weighted by Crippen LogP contribution is -2.39. The van der Waals surface area contributed by atoms with Gasteiger partial charge in [-0.1, -0.05) is 36.8 Å². The van der Waals surface area contributed by atoms with Crippen molar-refractivity contribution in [3.05, 3.63) is 89.9 Å². The second kappa shape index (κ2) is 14.2. The molecule has 1 aliphatic heterocycles. The number of hydrogen-bond donors (Lipinski definition) is 1. The number of fused-ring (bicyclic) bond motifs is 1. The van der Waals surface area contributed by atoms with Crippen LogP contribution >= 0.6 is 0 Å². The molecule has 3 heterocycles. The molecule has 1 aliphatic rings. The van der Waals surface area contributed by atoms with Crippen LogP contribution in [0.2, 0.25) is 0 Å². The Kier molecular flexibility index (Phi) is 9.98. The van der Waals surface area contributed by atoms with Crippen LogP contribution in [0, 0.1) is 0 Å². The van der Waals surface area contributed by atoms with Crippen LogP contribution in [0.3, 0.4) is 0 Å². The van der Waals surface area contributed by atoms with E-state index in [1.54, 1.807) is 14.2 Å². The Hall–Kier alpha value is -4.04. The van der Waals surface area contributed by atoms with Crippen LogP contribution in [0.15, 0.2) is 73.1 Å². The number of ether oxygens (including phenoxy) is 3. The molecule has 0 spiro atoms. The molecule has 42 heavy (non-hydrogen) atoms. The average molecular weight is 571 g/mol. The van der Waals surface area contributed by atoms with Gasteiger partial charge in [0, 0.05) is 49.9 Å². The molecular formula is C34H42N4O4. The summed E-state index contributed by atoms with van der Waals surface area (Å²) in [6, 6.07) is 20.3. The molecule has 0 radical (unpaired) electrons. The third-order valence-electron chi connectivity index (χ3n) is 8.17. The van der Waals surface area contributed by atoms with Crippen molar-refractivity contribution in [3.8, 4) is 17.2 Å². The van der Waals surface area contributed by atoms with Crippen molar-refractivity contribution in [2.24, 2.45) is 0 Å². The standard InChI is InChI=1S/C34H42N4O4/c1-25-11-7-8-16-37(25)17-10-15-35-33(39)22-30(27-19-28(40-2)21-29(20-27)41-3)31-23-36-34-32(14-9-18-38(31)34)42-24-26-12-5-4-6-13-26/h4-6,9,12-14,18-21,23,25,30H,7-8,10-11,15-17,22,24H2,1-3H3,(H,35,39). The van der Waals surface area contributed by atoms with E-state index >= 15 is 0 Å². The molecule has 1 fully saturated rings. The minimum absolute atomic E-state index is 0.0000819. The minimum Gasteiger partial charge on any atom is -0.497 e. The molecule has 8 nitrogen and oxygen atoms in total. The monoisotopic (exact) mass is 570 g/mol. The first-order chi connectivity index (χ1) is 20.6. The fourth-order valence-electron chi connectivity index (χ4n) is 5.79. The van der Waals surface area contributed by atoms with Crippen LogP contribution in [0.25, 0.3) is 5.65 Å². The molecule has 2 aromatic carbocycles. The highest BCUT2D eigenvalue weighted by Gasteiger charge is 2.24. The first-order valence-electron chi connectivity index (χ1n) is 14.9. The fourth-order valence-corrected chi connectivity index (χ4v) is 5.79. The normalized spacial score (nSPS) is 16.2. The van der Waals surface area contributed by atoms with Crippen LogP contribution in [0.4, 0.5) is 0 Å². The van der Waals surface area contributed by atoms with Gasteiger partial charge < -0.3 is 28.8 Å². The number of hydrogen-bond acceptors (Lipinski definition) is 6. The molecule has 1 N–H and O–H groups in total. The average Bonchev–Trinajstić information content (AvgIpc) is 3.46.